The highest BCUT2D eigenvalue weighted by Crippen LogP contribution is 2.21. The summed E-state index contributed by atoms with van der Waals surface area (Å²) in [5, 5.41) is 8.38. The molecule has 1 heterocycles. The van der Waals surface area contributed by atoms with E-state index in [-0.39, 0.29) is 6.42 Å². The summed E-state index contributed by atoms with van der Waals surface area (Å²) >= 11 is 0. The largest absolute Gasteiger partial charge is 0.525 e. The van der Waals surface area contributed by atoms with Crippen LogP contribution in [0.5, 0.6) is 0 Å². The molecule has 2 rings (SSSR count). The summed E-state index contributed by atoms with van der Waals surface area (Å²) in [7, 11) is 0. The Labute approximate surface area is 108 Å². The molecule has 0 aromatic heterocycles. The molecule has 1 aromatic rings. The SMILES string of the molecule is O=C(O)ON[C@@H]1C(=O)OC(=O)C1Cc1ccccc1. The lowest BCUT2D eigenvalue weighted by Gasteiger charge is -2.13. The van der Waals surface area contributed by atoms with Crippen molar-refractivity contribution in [2.24, 2.45) is 5.92 Å². The van der Waals surface area contributed by atoms with Gasteiger partial charge in [-0.1, -0.05) is 30.3 Å². The Balaban J connectivity index is 2.09. The molecule has 2 atom stereocenters. The van der Waals surface area contributed by atoms with Crippen molar-refractivity contribution in [3.8, 4) is 0 Å². The summed E-state index contributed by atoms with van der Waals surface area (Å²) in [6, 6.07) is 7.89. The van der Waals surface area contributed by atoms with E-state index in [2.05, 4.69) is 9.57 Å². The predicted octanol–water partition coefficient (Wildman–Crippen LogP) is 0.496. The molecule has 19 heavy (non-hydrogen) atoms. The molecule has 2 N–H and O–H groups in total. The van der Waals surface area contributed by atoms with Crippen LogP contribution in [0.3, 0.4) is 0 Å². The molecule has 0 aliphatic carbocycles. The normalized spacial score (nSPS) is 22.1. The fourth-order valence-corrected chi connectivity index (χ4v) is 1.85. The van der Waals surface area contributed by atoms with Gasteiger partial charge in [0.25, 0.3) is 0 Å². The highest BCUT2D eigenvalue weighted by molar-refractivity contribution is 5.98. The first-order chi connectivity index (χ1) is 9.08. The predicted molar refractivity (Wildman–Crippen MR) is 60.8 cm³/mol. The highest BCUT2D eigenvalue weighted by atomic mass is 16.8. The second-order valence-corrected chi connectivity index (χ2v) is 4.00. The zero-order valence-corrected chi connectivity index (χ0v) is 9.74. The van der Waals surface area contributed by atoms with Gasteiger partial charge in [0.15, 0.2) is 6.04 Å². The van der Waals surface area contributed by atoms with Gasteiger partial charge in [0.05, 0.1) is 5.92 Å². The Kier molecular flexibility index (Phi) is 3.76. The second-order valence-electron chi connectivity index (χ2n) is 4.00. The van der Waals surface area contributed by atoms with Gasteiger partial charge in [0.2, 0.25) is 0 Å². The molecule has 0 saturated carbocycles. The van der Waals surface area contributed by atoms with E-state index in [1.54, 1.807) is 24.3 Å². The zero-order valence-electron chi connectivity index (χ0n) is 9.74. The van der Waals surface area contributed by atoms with E-state index in [9.17, 15) is 14.4 Å². The maximum atomic E-state index is 11.6. The average Bonchev–Trinajstić information content (AvgIpc) is 2.63. The zero-order chi connectivity index (χ0) is 13.8. The Morgan fingerprint density at radius 2 is 1.95 bits per heavy atom. The summed E-state index contributed by atoms with van der Waals surface area (Å²) in [6.07, 6.45) is -1.34. The van der Waals surface area contributed by atoms with Gasteiger partial charge in [-0.05, 0) is 12.0 Å². The van der Waals surface area contributed by atoms with E-state index in [0.717, 1.165) is 5.56 Å². The molecule has 1 unspecified atom stereocenters. The fourth-order valence-electron chi connectivity index (χ4n) is 1.85. The van der Waals surface area contributed by atoms with Crippen molar-refractivity contribution in [2.45, 2.75) is 12.5 Å². The van der Waals surface area contributed by atoms with Crippen LogP contribution < -0.4 is 5.48 Å². The van der Waals surface area contributed by atoms with Gasteiger partial charge >= 0.3 is 18.1 Å². The van der Waals surface area contributed by atoms with E-state index in [4.69, 9.17) is 5.11 Å². The molecule has 1 fully saturated rings. The number of carbonyl (C=O) groups excluding carboxylic acids is 2. The van der Waals surface area contributed by atoms with Crippen LogP contribution in [0.15, 0.2) is 30.3 Å². The van der Waals surface area contributed by atoms with Crippen molar-refractivity contribution in [1.82, 2.24) is 5.48 Å². The Bertz CT molecular complexity index is 500. The highest BCUT2D eigenvalue weighted by Gasteiger charge is 2.45. The van der Waals surface area contributed by atoms with Crippen LogP contribution in [-0.4, -0.2) is 29.2 Å². The number of nitrogens with one attached hydrogen (secondary N) is 1. The number of carboxylic acid groups (broad SMARTS) is 1. The summed E-state index contributed by atoms with van der Waals surface area (Å²) in [6.45, 7) is 0. The molecule has 1 saturated heterocycles. The standard InChI is InChI=1S/C12H11NO6/c14-10-8(6-7-4-2-1-3-5-7)9(11(15)18-10)13-19-12(16)17/h1-5,8-9,13H,6H2,(H,16,17)/t8?,9-/m0/s1. The number of hydroxylamine groups is 1. The number of carbonyl (C=O) groups is 3. The van der Waals surface area contributed by atoms with Crippen molar-refractivity contribution < 1.29 is 29.1 Å². The van der Waals surface area contributed by atoms with E-state index >= 15 is 0 Å². The molecular weight excluding hydrogens is 254 g/mol. The molecule has 0 spiro atoms. The maximum Gasteiger partial charge on any atom is 0.525 e. The lowest BCUT2D eigenvalue weighted by Crippen LogP contribution is -2.41. The Morgan fingerprint density at radius 3 is 2.58 bits per heavy atom. The van der Waals surface area contributed by atoms with Crippen LogP contribution in [0.25, 0.3) is 0 Å². The number of rotatable bonds is 4. The first-order valence-electron chi connectivity index (χ1n) is 5.52. The summed E-state index contributed by atoms with van der Waals surface area (Å²) in [5.74, 6) is -2.35. The van der Waals surface area contributed by atoms with Crippen LogP contribution in [0.4, 0.5) is 4.79 Å². The minimum absolute atomic E-state index is 0.256. The minimum atomic E-state index is -1.59. The molecule has 7 heteroatoms. The number of cyclic esters (lactones) is 2. The number of benzene rings is 1. The van der Waals surface area contributed by atoms with E-state index in [0.29, 0.717) is 0 Å². The number of hydrogen-bond acceptors (Lipinski definition) is 6. The summed E-state index contributed by atoms with van der Waals surface area (Å²) in [4.78, 5) is 37.4. The van der Waals surface area contributed by atoms with Crippen molar-refractivity contribution in [1.29, 1.82) is 0 Å². The monoisotopic (exact) mass is 265 g/mol. The van der Waals surface area contributed by atoms with Crippen molar-refractivity contribution in [3.63, 3.8) is 0 Å². The van der Waals surface area contributed by atoms with Crippen molar-refractivity contribution >= 4 is 18.1 Å². The third-order valence-electron chi connectivity index (χ3n) is 2.73. The lowest BCUT2D eigenvalue weighted by atomic mass is 9.94. The van der Waals surface area contributed by atoms with Gasteiger partial charge < -0.3 is 14.7 Å². The van der Waals surface area contributed by atoms with Crippen molar-refractivity contribution in [3.05, 3.63) is 35.9 Å². The molecular formula is C12H11NO6. The van der Waals surface area contributed by atoms with Crippen molar-refractivity contribution in [2.75, 3.05) is 0 Å². The van der Waals surface area contributed by atoms with E-state index < -0.39 is 30.1 Å². The van der Waals surface area contributed by atoms with Crippen LogP contribution in [0, 0.1) is 5.92 Å². The molecule has 1 aromatic carbocycles. The Morgan fingerprint density at radius 1 is 1.26 bits per heavy atom. The molecule has 1 aliphatic rings. The van der Waals surface area contributed by atoms with Crippen LogP contribution in [0.1, 0.15) is 5.56 Å². The molecule has 0 radical (unpaired) electrons. The van der Waals surface area contributed by atoms with Gasteiger partial charge in [-0.3, -0.25) is 4.79 Å². The molecule has 1 aliphatic heterocycles. The first-order valence-corrected chi connectivity index (χ1v) is 5.52. The smallest absolute Gasteiger partial charge is 0.448 e. The van der Waals surface area contributed by atoms with Crippen LogP contribution in [0.2, 0.25) is 0 Å². The van der Waals surface area contributed by atoms with E-state index in [1.807, 2.05) is 11.5 Å². The van der Waals surface area contributed by atoms with Gasteiger partial charge in [-0.25, -0.2) is 9.59 Å². The molecule has 0 bridgehead atoms. The fraction of sp³-hybridized carbons (Fsp3) is 0.250. The minimum Gasteiger partial charge on any atom is -0.448 e. The van der Waals surface area contributed by atoms with Crippen LogP contribution in [-0.2, 0) is 25.6 Å². The topological polar surface area (TPSA) is 102 Å². The third kappa shape index (κ3) is 3.08. The van der Waals surface area contributed by atoms with Gasteiger partial charge in [-0.15, -0.1) is 5.48 Å². The summed E-state index contributed by atoms with van der Waals surface area (Å²) in [5.41, 5.74) is 2.87. The molecule has 7 nitrogen and oxygen atoms in total. The second kappa shape index (κ2) is 5.49. The molecule has 100 valence electrons. The Hall–Kier alpha value is -2.41. The van der Waals surface area contributed by atoms with Gasteiger partial charge in [0.1, 0.15) is 0 Å². The summed E-state index contributed by atoms with van der Waals surface area (Å²) < 4.78 is 4.48. The average molecular weight is 265 g/mol. The number of ether oxygens (including phenoxy) is 1. The third-order valence-corrected chi connectivity index (χ3v) is 2.73. The quantitative estimate of drug-likeness (QED) is 0.464. The van der Waals surface area contributed by atoms with Gasteiger partial charge in [-0.2, -0.15) is 0 Å². The first kappa shape index (κ1) is 13.0. The van der Waals surface area contributed by atoms with Gasteiger partial charge in [0, 0.05) is 0 Å². The number of hydrogen-bond donors (Lipinski definition) is 2. The molecule has 0 amide bonds. The van der Waals surface area contributed by atoms with Crippen LogP contribution >= 0.6 is 0 Å². The number of esters is 2. The maximum absolute atomic E-state index is 11.6. The lowest BCUT2D eigenvalue weighted by molar-refractivity contribution is -0.153. The van der Waals surface area contributed by atoms with E-state index in [1.165, 1.54) is 0 Å².